The molecule has 1 heterocycles. The van der Waals surface area contributed by atoms with Crippen LogP contribution in [0.3, 0.4) is 0 Å². The Morgan fingerprint density at radius 1 is 1.00 bits per heavy atom. The van der Waals surface area contributed by atoms with Crippen LogP contribution in [-0.2, 0) is 14.4 Å². The molecule has 2 fully saturated rings. The van der Waals surface area contributed by atoms with Gasteiger partial charge in [0.15, 0.2) is 0 Å². The third-order valence-corrected chi connectivity index (χ3v) is 9.77. The number of benzene rings is 1. The van der Waals surface area contributed by atoms with E-state index in [1.807, 2.05) is 71.9 Å². The number of amides is 3. The van der Waals surface area contributed by atoms with Crippen molar-refractivity contribution in [2.75, 3.05) is 32.4 Å². The number of aliphatic hydroxyl groups excluding tert-OH is 1. The molecule has 1 aromatic rings. The van der Waals surface area contributed by atoms with E-state index in [0.29, 0.717) is 30.6 Å². The van der Waals surface area contributed by atoms with Crippen molar-refractivity contribution in [1.29, 1.82) is 0 Å². The molecule has 0 bridgehead atoms. The number of hydrogen-bond acceptors (Lipinski definition) is 7. The summed E-state index contributed by atoms with van der Waals surface area (Å²) in [6.45, 7) is 12.9. The summed E-state index contributed by atoms with van der Waals surface area (Å²) in [7, 11) is 1.69. The number of aliphatic hydroxyl groups is 1. The lowest BCUT2D eigenvalue weighted by atomic mass is 9.72. The zero-order valence-corrected chi connectivity index (χ0v) is 28.8. The first-order valence-electron chi connectivity index (χ1n) is 16.3. The topological polar surface area (TPSA) is 123 Å². The molecule has 1 aliphatic carbocycles. The van der Waals surface area contributed by atoms with Crippen LogP contribution in [0.2, 0.25) is 0 Å². The van der Waals surface area contributed by atoms with Crippen LogP contribution in [-0.4, -0.2) is 89.9 Å². The molecule has 2 aliphatic rings. The smallest absolute Gasteiger partial charge is 0.243 e. The Hall–Kier alpha value is -2.14. The van der Waals surface area contributed by atoms with Gasteiger partial charge in [-0.15, -0.1) is 11.8 Å². The Labute approximate surface area is 269 Å². The van der Waals surface area contributed by atoms with Crippen LogP contribution in [0.5, 0.6) is 0 Å². The molecule has 10 heteroatoms. The molecule has 0 aromatic heterocycles. The second kappa shape index (κ2) is 16.4. The second-order valence-electron chi connectivity index (χ2n) is 14.8. The van der Waals surface area contributed by atoms with Gasteiger partial charge in [-0.05, 0) is 76.5 Å². The quantitative estimate of drug-likeness (QED) is 0.211. The predicted octanol–water partition coefficient (Wildman–Crippen LogP) is 3.56. The van der Waals surface area contributed by atoms with Crippen molar-refractivity contribution in [3.63, 3.8) is 0 Å². The molecule has 1 aromatic carbocycles. The average Bonchev–Trinajstić information content (AvgIpc) is 2.94. The van der Waals surface area contributed by atoms with Crippen LogP contribution >= 0.6 is 11.8 Å². The number of piperidine rings is 1. The van der Waals surface area contributed by atoms with E-state index >= 15 is 0 Å². The molecule has 0 radical (unpaired) electrons. The highest BCUT2D eigenvalue weighted by atomic mass is 32.2. The van der Waals surface area contributed by atoms with Gasteiger partial charge in [0.1, 0.15) is 6.04 Å². The van der Waals surface area contributed by atoms with Gasteiger partial charge < -0.3 is 26.4 Å². The van der Waals surface area contributed by atoms with Crippen molar-refractivity contribution in [1.82, 2.24) is 26.2 Å². The number of likely N-dealkylation sites (N-methyl/N-ethyl adjacent to an activating group) is 1. The van der Waals surface area contributed by atoms with Crippen LogP contribution in [0.25, 0.3) is 0 Å². The van der Waals surface area contributed by atoms with Crippen LogP contribution < -0.4 is 21.3 Å². The van der Waals surface area contributed by atoms with Gasteiger partial charge in [-0.2, -0.15) is 0 Å². The van der Waals surface area contributed by atoms with E-state index in [2.05, 4.69) is 26.2 Å². The number of carbonyl (C=O) groups excluding carboxylic acids is 3. The Balaban J connectivity index is 1.81. The zero-order chi connectivity index (χ0) is 32.5. The van der Waals surface area contributed by atoms with Crippen molar-refractivity contribution in [3.8, 4) is 0 Å². The number of rotatable bonds is 13. The second-order valence-corrected chi connectivity index (χ2v) is 15.9. The van der Waals surface area contributed by atoms with Crippen molar-refractivity contribution >= 4 is 29.5 Å². The van der Waals surface area contributed by atoms with E-state index in [1.165, 1.54) is 12.8 Å². The van der Waals surface area contributed by atoms with Gasteiger partial charge in [-0.1, -0.05) is 58.2 Å². The normalized spacial score (nSPS) is 23.1. The first kappa shape index (κ1) is 36.3. The minimum Gasteiger partial charge on any atom is -0.390 e. The minimum atomic E-state index is -0.894. The number of hydrogen-bond donors (Lipinski definition) is 5. The fourth-order valence-corrected chi connectivity index (χ4v) is 7.45. The summed E-state index contributed by atoms with van der Waals surface area (Å²) in [5.74, 6) is 1.17. The average molecular weight is 632 g/mol. The minimum absolute atomic E-state index is 0.00832. The molecule has 1 aliphatic heterocycles. The van der Waals surface area contributed by atoms with Gasteiger partial charge in [-0.3, -0.25) is 19.3 Å². The van der Waals surface area contributed by atoms with Gasteiger partial charge in [0.2, 0.25) is 17.7 Å². The van der Waals surface area contributed by atoms with Gasteiger partial charge in [0.05, 0.1) is 24.7 Å². The summed E-state index contributed by atoms with van der Waals surface area (Å²) >= 11 is 1.68. The molecule has 1 saturated heterocycles. The number of nitrogens with zero attached hydrogens (tertiary/aromatic N) is 1. The van der Waals surface area contributed by atoms with E-state index in [9.17, 15) is 19.5 Å². The zero-order valence-electron chi connectivity index (χ0n) is 27.9. The molecule has 5 N–H and O–H groups in total. The van der Waals surface area contributed by atoms with Gasteiger partial charge >= 0.3 is 0 Å². The summed E-state index contributed by atoms with van der Waals surface area (Å²) in [6.07, 6.45) is 5.16. The Bertz CT molecular complexity index is 1070. The molecule has 248 valence electrons. The van der Waals surface area contributed by atoms with Crippen molar-refractivity contribution in [2.45, 2.75) is 115 Å². The Morgan fingerprint density at radius 3 is 2.27 bits per heavy atom. The van der Waals surface area contributed by atoms with Gasteiger partial charge in [-0.25, -0.2) is 0 Å². The molecule has 0 spiro atoms. The Morgan fingerprint density at radius 2 is 1.66 bits per heavy atom. The van der Waals surface area contributed by atoms with E-state index < -0.39 is 23.6 Å². The van der Waals surface area contributed by atoms with Crippen LogP contribution in [0.4, 0.5) is 0 Å². The summed E-state index contributed by atoms with van der Waals surface area (Å²) in [5, 5.41) is 23.8. The number of β-amino-alcohol motifs (C(OH)–C–C–N with tert-alkyl or cyclic N) is 1. The summed E-state index contributed by atoms with van der Waals surface area (Å²) in [5.41, 5.74) is -0.892. The molecule has 3 rings (SSSR count). The fraction of sp³-hybridized carbons (Fsp3) is 0.735. The molecule has 3 amide bonds. The lowest BCUT2D eigenvalue weighted by molar-refractivity contribution is -0.134. The lowest BCUT2D eigenvalue weighted by Gasteiger charge is -2.47. The molecule has 9 nitrogen and oxygen atoms in total. The third kappa shape index (κ3) is 11.3. The van der Waals surface area contributed by atoms with Gasteiger partial charge in [0.25, 0.3) is 0 Å². The van der Waals surface area contributed by atoms with E-state index in [0.717, 1.165) is 30.7 Å². The number of fused-ring (bicyclic) bond motifs is 1. The van der Waals surface area contributed by atoms with E-state index in [4.69, 9.17) is 0 Å². The monoisotopic (exact) mass is 631 g/mol. The molecule has 44 heavy (non-hydrogen) atoms. The summed E-state index contributed by atoms with van der Waals surface area (Å²) in [4.78, 5) is 43.1. The number of carbonyl (C=O) groups is 3. The van der Waals surface area contributed by atoms with Crippen LogP contribution in [0.1, 0.15) is 80.1 Å². The first-order valence-corrected chi connectivity index (χ1v) is 17.3. The SMILES string of the molecule is CNCC(=O)N[C@H](C(=O)N[C@@H](CCSc1ccccc1)[C@H](O)CN1C[C@H]2CCCC[C@H]2C[C@H]1C(=O)NC(C)(C)C)C(C)(C)C. The van der Waals surface area contributed by atoms with Gasteiger partial charge in [0, 0.05) is 29.3 Å². The largest absolute Gasteiger partial charge is 0.390 e. The number of thioether (sulfide) groups is 1. The Kier molecular flexibility index (Phi) is 13.6. The highest BCUT2D eigenvalue weighted by Gasteiger charge is 2.42. The van der Waals surface area contributed by atoms with E-state index in [-0.39, 0.29) is 35.8 Å². The van der Waals surface area contributed by atoms with E-state index in [1.54, 1.807) is 18.8 Å². The molecular weight excluding hydrogens is 574 g/mol. The molecule has 6 atom stereocenters. The standard InChI is InChI=1S/C34H57N5O4S/c1-33(2,3)30(37-29(41)20-35-7)32(43)36-26(17-18-44-25-15-9-8-10-16-25)28(40)22-39-21-24-14-12-11-13-23(24)19-27(39)31(42)38-34(4,5)6/h8-10,15-16,23-24,26-28,30,35,40H,11-14,17-22H2,1-7H3,(H,36,43)(H,37,41)(H,38,42)/t23-,24+,26-,27-,28+,30+/m0/s1. The number of likely N-dealkylation sites (tertiary alicyclic amines) is 1. The maximum absolute atomic E-state index is 13.7. The summed E-state index contributed by atoms with van der Waals surface area (Å²) in [6, 6.07) is 8.42. The molecular formula is C34H57N5O4S. The highest BCUT2D eigenvalue weighted by Crippen LogP contribution is 2.39. The fourth-order valence-electron chi connectivity index (χ4n) is 6.49. The van der Waals surface area contributed by atoms with Crippen molar-refractivity contribution in [3.05, 3.63) is 30.3 Å². The summed E-state index contributed by atoms with van der Waals surface area (Å²) < 4.78 is 0. The molecule has 1 saturated carbocycles. The molecule has 0 unspecified atom stereocenters. The van der Waals surface area contributed by atoms with Crippen molar-refractivity contribution < 1.29 is 19.5 Å². The maximum atomic E-state index is 13.7. The first-order chi connectivity index (χ1) is 20.7. The highest BCUT2D eigenvalue weighted by molar-refractivity contribution is 7.99. The van der Waals surface area contributed by atoms with Crippen LogP contribution in [0.15, 0.2) is 35.2 Å². The number of nitrogens with one attached hydrogen (secondary N) is 4. The van der Waals surface area contributed by atoms with Crippen molar-refractivity contribution in [2.24, 2.45) is 17.3 Å². The predicted molar refractivity (Wildman–Crippen MR) is 178 cm³/mol. The third-order valence-electron chi connectivity index (χ3n) is 8.73. The lowest BCUT2D eigenvalue weighted by Crippen LogP contribution is -2.61. The maximum Gasteiger partial charge on any atom is 0.243 e. The van der Waals surface area contributed by atoms with Crippen LogP contribution in [0, 0.1) is 17.3 Å².